The summed E-state index contributed by atoms with van der Waals surface area (Å²) in [5.41, 5.74) is 0.714. The number of nitrogens with one attached hydrogen (secondary N) is 1. The second kappa shape index (κ2) is 6.19. The highest BCUT2D eigenvalue weighted by Crippen LogP contribution is 2.49. The van der Waals surface area contributed by atoms with Gasteiger partial charge in [0, 0.05) is 12.6 Å². The third-order valence-electron chi connectivity index (χ3n) is 4.77. The maximum atomic E-state index is 3.87. The molecule has 17 heavy (non-hydrogen) atoms. The summed E-state index contributed by atoms with van der Waals surface area (Å²) < 4.78 is 0. The quantitative estimate of drug-likeness (QED) is 0.765. The Morgan fingerprint density at radius 3 is 2.65 bits per heavy atom. The predicted octanol–water partition coefficient (Wildman–Crippen LogP) is 3.03. The first-order valence-corrected chi connectivity index (χ1v) is 7.74. The van der Waals surface area contributed by atoms with Crippen molar-refractivity contribution in [1.82, 2.24) is 10.2 Å². The average molecular weight is 238 g/mol. The molecule has 0 amide bonds. The minimum atomic E-state index is 0.714. The van der Waals surface area contributed by atoms with Gasteiger partial charge < -0.3 is 10.2 Å². The van der Waals surface area contributed by atoms with Crippen LogP contribution in [0.1, 0.15) is 58.8 Å². The van der Waals surface area contributed by atoms with Crippen LogP contribution in [0.25, 0.3) is 0 Å². The van der Waals surface area contributed by atoms with Crippen LogP contribution in [0.4, 0.5) is 0 Å². The van der Waals surface area contributed by atoms with E-state index in [0.717, 1.165) is 6.04 Å². The van der Waals surface area contributed by atoms with Crippen molar-refractivity contribution >= 4 is 0 Å². The van der Waals surface area contributed by atoms with Gasteiger partial charge in [0.2, 0.25) is 0 Å². The van der Waals surface area contributed by atoms with Crippen molar-refractivity contribution in [2.24, 2.45) is 5.41 Å². The van der Waals surface area contributed by atoms with E-state index in [1.54, 1.807) is 0 Å². The molecule has 0 bridgehead atoms. The second-order valence-corrected chi connectivity index (χ2v) is 6.19. The molecule has 100 valence electrons. The van der Waals surface area contributed by atoms with Crippen molar-refractivity contribution in [3.63, 3.8) is 0 Å². The molecule has 1 heterocycles. The summed E-state index contributed by atoms with van der Waals surface area (Å²) in [6, 6.07) is 0.792. The van der Waals surface area contributed by atoms with Gasteiger partial charge in [-0.2, -0.15) is 0 Å². The SMILES string of the molecule is CCCC1(CNC2CCCN(CC)CC2)CC1. The van der Waals surface area contributed by atoms with E-state index in [-0.39, 0.29) is 0 Å². The Labute approximate surface area is 107 Å². The van der Waals surface area contributed by atoms with Crippen molar-refractivity contribution in [2.45, 2.75) is 64.8 Å². The van der Waals surface area contributed by atoms with E-state index in [1.807, 2.05) is 0 Å². The van der Waals surface area contributed by atoms with Gasteiger partial charge in [0.1, 0.15) is 0 Å². The number of hydrogen-bond acceptors (Lipinski definition) is 2. The van der Waals surface area contributed by atoms with Gasteiger partial charge in [0.05, 0.1) is 0 Å². The molecule has 1 saturated heterocycles. The van der Waals surface area contributed by atoms with Gasteiger partial charge in [-0.15, -0.1) is 0 Å². The molecule has 0 radical (unpaired) electrons. The van der Waals surface area contributed by atoms with E-state index in [1.165, 1.54) is 71.1 Å². The fourth-order valence-electron chi connectivity index (χ4n) is 3.26. The molecule has 0 aromatic rings. The molecule has 1 atom stereocenters. The van der Waals surface area contributed by atoms with Crippen LogP contribution in [0.5, 0.6) is 0 Å². The zero-order valence-corrected chi connectivity index (χ0v) is 11.8. The Kier molecular flexibility index (Phi) is 4.87. The minimum absolute atomic E-state index is 0.714. The van der Waals surface area contributed by atoms with E-state index in [2.05, 4.69) is 24.1 Å². The lowest BCUT2D eigenvalue weighted by Crippen LogP contribution is -2.35. The largest absolute Gasteiger partial charge is 0.313 e. The van der Waals surface area contributed by atoms with E-state index in [9.17, 15) is 0 Å². The van der Waals surface area contributed by atoms with Crippen molar-refractivity contribution in [2.75, 3.05) is 26.2 Å². The summed E-state index contributed by atoms with van der Waals surface area (Å²) in [6.45, 7) is 9.74. The zero-order valence-electron chi connectivity index (χ0n) is 11.8. The van der Waals surface area contributed by atoms with Crippen molar-refractivity contribution in [3.05, 3.63) is 0 Å². The third-order valence-corrected chi connectivity index (χ3v) is 4.77. The predicted molar refractivity (Wildman–Crippen MR) is 74.3 cm³/mol. The molecule has 2 aliphatic rings. The molecule has 1 saturated carbocycles. The van der Waals surface area contributed by atoms with Crippen LogP contribution in [0.3, 0.4) is 0 Å². The maximum absolute atomic E-state index is 3.87. The molecule has 1 aliphatic carbocycles. The topological polar surface area (TPSA) is 15.3 Å². The third kappa shape index (κ3) is 3.96. The Bertz CT molecular complexity index is 223. The Morgan fingerprint density at radius 2 is 2.00 bits per heavy atom. The van der Waals surface area contributed by atoms with Gasteiger partial charge in [-0.3, -0.25) is 0 Å². The molecule has 1 N–H and O–H groups in total. The molecule has 2 fully saturated rings. The van der Waals surface area contributed by atoms with Crippen LogP contribution in [-0.2, 0) is 0 Å². The van der Waals surface area contributed by atoms with Gasteiger partial charge in [-0.05, 0) is 63.6 Å². The van der Waals surface area contributed by atoms with Crippen LogP contribution >= 0.6 is 0 Å². The van der Waals surface area contributed by atoms with Gasteiger partial charge in [-0.1, -0.05) is 20.3 Å². The van der Waals surface area contributed by atoms with Crippen LogP contribution < -0.4 is 5.32 Å². The summed E-state index contributed by atoms with van der Waals surface area (Å²) in [5, 5.41) is 3.87. The van der Waals surface area contributed by atoms with Crippen LogP contribution in [0.2, 0.25) is 0 Å². The van der Waals surface area contributed by atoms with Gasteiger partial charge in [0.25, 0.3) is 0 Å². The zero-order chi connectivity index (χ0) is 12.1. The molecule has 0 spiro atoms. The average Bonchev–Trinajstić information content (AvgIpc) is 3.11. The summed E-state index contributed by atoms with van der Waals surface area (Å²) in [6.07, 6.45) is 9.87. The van der Waals surface area contributed by atoms with E-state index in [0.29, 0.717) is 5.41 Å². The maximum Gasteiger partial charge on any atom is 0.00799 e. The monoisotopic (exact) mass is 238 g/mol. The number of likely N-dealkylation sites (tertiary alicyclic amines) is 1. The molecule has 1 unspecified atom stereocenters. The Morgan fingerprint density at radius 1 is 1.18 bits per heavy atom. The molecule has 0 aromatic carbocycles. The van der Waals surface area contributed by atoms with Crippen molar-refractivity contribution in [3.8, 4) is 0 Å². The van der Waals surface area contributed by atoms with E-state index in [4.69, 9.17) is 0 Å². The molecule has 2 rings (SSSR count). The summed E-state index contributed by atoms with van der Waals surface area (Å²) in [5.74, 6) is 0. The summed E-state index contributed by atoms with van der Waals surface area (Å²) in [4.78, 5) is 2.60. The molecular weight excluding hydrogens is 208 g/mol. The fraction of sp³-hybridized carbons (Fsp3) is 1.00. The van der Waals surface area contributed by atoms with Gasteiger partial charge in [-0.25, -0.2) is 0 Å². The molecule has 2 nitrogen and oxygen atoms in total. The molecule has 0 aromatic heterocycles. The highest BCUT2D eigenvalue weighted by atomic mass is 15.1. The lowest BCUT2D eigenvalue weighted by molar-refractivity contribution is 0.295. The van der Waals surface area contributed by atoms with Crippen molar-refractivity contribution < 1.29 is 0 Å². The molecule has 2 heteroatoms. The second-order valence-electron chi connectivity index (χ2n) is 6.19. The van der Waals surface area contributed by atoms with E-state index < -0.39 is 0 Å². The Hall–Kier alpha value is -0.0800. The summed E-state index contributed by atoms with van der Waals surface area (Å²) in [7, 11) is 0. The standard InChI is InChI=1S/C15H30N2/c1-3-8-15(9-10-15)13-16-14-6-5-11-17(4-2)12-7-14/h14,16H,3-13H2,1-2H3. The number of hydrogen-bond donors (Lipinski definition) is 1. The first-order valence-electron chi connectivity index (χ1n) is 7.74. The first-order chi connectivity index (χ1) is 8.28. The van der Waals surface area contributed by atoms with Crippen LogP contribution in [0.15, 0.2) is 0 Å². The lowest BCUT2D eigenvalue weighted by atomic mass is 9.99. The first kappa shape index (κ1) is 13.4. The minimum Gasteiger partial charge on any atom is -0.313 e. The highest BCUT2D eigenvalue weighted by molar-refractivity contribution is 4.95. The molecular formula is C15H30N2. The normalized spacial score (nSPS) is 28.9. The van der Waals surface area contributed by atoms with Crippen LogP contribution in [-0.4, -0.2) is 37.1 Å². The Balaban J connectivity index is 1.69. The number of nitrogens with zero attached hydrogens (tertiary/aromatic N) is 1. The molecule has 1 aliphatic heterocycles. The van der Waals surface area contributed by atoms with Gasteiger partial charge in [0.15, 0.2) is 0 Å². The van der Waals surface area contributed by atoms with Crippen LogP contribution in [0, 0.1) is 5.41 Å². The fourth-order valence-corrected chi connectivity index (χ4v) is 3.26. The highest BCUT2D eigenvalue weighted by Gasteiger charge is 2.41. The lowest BCUT2D eigenvalue weighted by Gasteiger charge is -2.22. The number of rotatable bonds is 6. The van der Waals surface area contributed by atoms with E-state index >= 15 is 0 Å². The summed E-state index contributed by atoms with van der Waals surface area (Å²) >= 11 is 0. The smallest absolute Gasteiger partial charge is 0.00799 e. The van der Waals surface area contributed by atoms with Crippen molar-refractivity contribution in [1.29, 1.82) is 0 Å². The van der Waals surface area contributed by atoms with Gasteiger partial charge >= 0.3 is 0 Å².